The van der Waals surface area contributed by atoms with Gasteiger partial charge in [-0.1, -0.05) is 45.0 Å². The number of nitrogens with one attached hydrogen (secondary N) is 1. The van der Waals surface area contributed by atoms with Crippen LogP contribution in [0, 0.1) is 5.92 Å². The first-order valence-corrected chi connectivity index (χ1v) is 8.72. The van der Waals surface area contributed by atoms with Crippen LogP contribution in [0.15, 0.2) is 24.3 Å². The molecule has 2 unspecified atom stereocenters. The molecule has 2 rings (SSSR count). The van der Waals surface area contributed by atoms with Crippen LogP contribution >= 0.6 is 0 Å². The van der Waals surface area contributed by atoms with Crippen molar-refractivity contribution >= 4 is 0 Å². The molecule has 1 aromatic carbocycles. The second-order valence-corrected chi connectivity index (χ2v) is 6.59. The molecular formula is C19H32N2. The quantitative estimate of drug-likeness (QED) is 0.850. The van der Waals surface area contributed by atoms with E-state index in [1.165, 1.54) is 37.1 Å². The Balaban J connectivity index is 2.09. The van der Waals surface area contributed by atoms with Gasteiger partial charge in [-0.2, -0.15) is 0 Å². The van der Waals surface area contributed by atoms with E-state index in [1.807, 2.05) is 0 Å². The molecule has 1 aliphatic rings. The largest absolute Gasteiger partial charge is 0.309 e. The second kappa shape index (κ2) is 7.95. The van der Waals surface area contributed by atoms with Crippen LogP contribution in [0.5, 0.6) is 0 Å². The Morgan fingerprint density at radius 2 is 1.76 bits per heavy atom. The monoisotopic (exact) mass is 288 g/mol. The minimum absolute atomic E-state index is 0.439. The lowest BCUT2D eigenvalue weighted by atomic mass is 9.93. The molecule has 1 saturated heterocycles. The van der Waals surface area contributed by atoms with E-state index >= 15 is 0 Å². The van der Waals surface area contributed by atoms with Gasteiger partial charge >= 0.3 is 0 Å². The van der Waals surface area contributed by atoms with Gasteiger partial charge in [-0.3, -0.25) is 4.90 Å². The summed E-state index contributed by atoms with van der Waals surface area (Å²) in [5.74, 6) is 0.898. The van der Waals surface area contributed by atoms with Crippen LogP contribution in [0.2, 0.25) is 0 Å². The summed E-state index contributed by atoms with van der Waals surface area (Å²) in [7, 11) is 0. The molecule has 0 aromatic heterocycles. The van der Waals surface area contributed by atoms with Gasteiger partial charge in [0.2, 0.25) is 0 Å². The van der Waals surface area contributed by atoms with E-state index in [9.17, 15) is 0 Å². The zero-order valence-electron chi connectivity index (χ0n) is 14.2. The Hall–Kier alpha value is -0.860. The molecule has 1 N–H and O–H groups in total. The minimum atomic E-state index is 0.439. The number of nitrogens with zero attached hydrogens (tertiary/aromatic N) is 1. The van der Waals surface area contributed by atoms with Crippen molar-refractivity contribution in [2.75, 3.05) is 19.6 Å². The zero-order valence-corrected chi connectivity index (χ0v) is 14.2. The molecule has 1 heterocycles. The Labute approximate surface area is 130 Å². The van der Waals surface area contributed by atoms with E-state index in [4.69, 9.17) is 0 Å². The van der Waals surface area contributed by atoms with Crippen molar-refractivity contribution in [3.63, 3.8) is 0 Å². The molecular weight excluding hydrogens is 256 g/mol. The fourth-order valence-electron chi connectivity index (χ4n) is 3.39. The molecule has 0 radical (unpaired) electrons. The molecule has 118 valence electrons. The second-order valence-electron chi connectivity index (χ2n) is 6.59. The number of benzene rings is 1. The fourth-order valence-corrected chi connectivity index (χ4v) is 3.39. The number of piperidine rings is 1. The van der Waals surface area contributed by atoms with Crippen LogP contribution in [-0.4, -0.2) is 30.6 Å². The maximum Gasteiger partial charge on any atom is 0.0475 e. The van der Waals surface area contributed by atoms with Gasteiger partial charge in [0.1, 0.15) is 0 Å². The van der Waals surface area contributed by atoms with Crippen LogP contribution in [0.3, 0.4) is 0 Å². The first kappa shape index (κ1) is 16.5. The molecule has 0 amide bonds. The van der Waals surface area contributed by atoms with E-state index in [2.05, 4.69) is 62.2 Å². The summed E-state index contributed by atoms with van der Waals surface area (Å²) in [5, 5.41) is 3.70. The third-order valence-electron chi connectivity index (χ3n) is 5.05. The molecule has 1 aromatic rings. The lowest BCUT2D eigenvalue weighted by Gasteiger charge is -2.39. The maximum absolute atomic E-state index is 3.70. The van der Waals surface area contributed by atoms with Crippen LogP contribution in [0.25, 0.3) is 0 Å². The molecule has 21 heavy (non-hydrogen) atoms. The fraction of sp³-hybridized carbons (Fsp3) is 0.684. The third kappa shape index (κ3) is 4.31. The normalized spacial score (nSPS) is 20.4. The Morgan fingerprint density at radius 1 is 1.14 bits per heavy atom. The summed E-state index contributed by atoms with van der Waals surface area (Å²) in [6, 6.07) is 10.2. The summed E-state index contributed by atoms with van der Waals surface area (Å²) >= 11 is 0. The van der Waals surface area contributed by atoms with E-state index in [1.54, 1.807) is 0 Å². The number of rotatable bonds is 6. The van der Waals surface area contributed by atoms with Gasteiger partial charge < -0.3 is 5.32 Å². The molecule has 0 aliphatic carbocycles. The van der Waals surface area contributed by atoms with Crippen molar-refractivity contribution in [3.05, 3.63) is 35.4 Å². The van der Waals surface area contributed by atoms with Gasteiger partial charge in [0.05, 0.1) is 0 Å². The predicted octanol–water partition coefficient (Wildman–Crippen LogP) is 4.02. The molecule has 1 aliphatic heterocycles. The molecule has 2 nitrogen and oxygen atoms in total. The first-order chi connectivity index (χ1) is 10.2. The van der Waals surface area contributed by atoms with Crippen molar-refractivity contribution in [3.8, 4) is 0 Å². The number of hydrogen-bond acceptors (Lipinski definition) is 2. The lowest BCUT2D eigenvalue weighted by molar-refractivity contribution is 0.121. The highest BCUT2D eigenvalue weighted by atomic mass is 15.2. The van der Waals surface area contributed by atoms with Gasteiger partial charge in [0.15, 0.2) is 0 Å². The van der Waals surface area contributed by atoms with Crippen LogP contribution in [0.1, 0.15) is 57.7 Å². The van der Waals surface area contributed by atoms with Gasteiger partial charge in [0.25, 0.3) is 0 Å². The van der Waals surface area contributed by atoms with Crippen molar-refractivity contribution in [1.82, 2.24) is 10.2 Å². The Morgan fingerprint density at radius 3 is 2.29 bits per heavy atom. The summed E-state index contributed by atoms with van der Waals surface area (Å²) in [6.45, 7) is 12.7. The number of likely N-dealkylation sites (N-methyl/N-ethyl adjacent to an activating group) is 1. The average molecular weight is 288 g/mol. The standard InChI is InChI=1S/C19H32N2/c1-5-17-7-9-18(10-8-17)19(20-6-2)16(4)21-13-11-15(3)12-14-21/h7-10,15-16,19-20H,5-6,11-14H2,1-4H3. The van der Waals surface area contributed by atoms with E-state index < -0.39 is 0 Å². The highest BCUT2D eigenvalue weighted by Gasteiger charge is 2.26. The number of aryl methyl sites for hydroxylation is 1. The van der Waals surface area contributed by atoms with E-state index in [0.29, 0.717) is 12.1 Å². The maximum atomic E-state index is 3.70. The average Bonchev–Trinajstić information content (AvgIpc) is 2.53. The van der Waals surface area contributed by atoms with Gasteiger partial charge in [-0.05, 0) is 62.9 Å². The molecule has 0 spiro atoms. The van der Waals surface area contributed by atoms with Crippen molar-refractivity contribution in [1.29, 1.82) is 0 Å². The molecule has 0 bridgehead atoms. The number of hydrogen-bond donors (Lipinski definition) is 1. The highest BCUT2D eigenvalue weighted by Crippen LogP contribution is 2.26. The lowest BCUT2D eigenvalue weighted by Crippen LogP contribution is -2.46. The molecule has 1 fully saturated rings. The Kier molecular flexibility index (Phi) is 6.25. The summed E-state index contributed by atoms with van der Waals surface area (Å²) < 4.78 is 0. The predicted molar refractivity (Wildman–Crippen MR) is 91.7 cm³/mol. The van der Waals surface area contributed by atoms with Crippen LogP contribution < -0.4 is 5.32 Å². The van der Waals surface area contributed by atoms with E-state index in [0.717, 1.165) is 18.9 Å². The number of likely N-dealkylation sites (tertiary alicyclic amines) is 1. The van der Waals surface area contributed by atoms with E-state index in [-0.39, 0.29) is 0 Å². The van der Waals surface area contributed by atoms with Crippen molar-refractivity contribution in [2.24, 2.45) is 5.92 Å². The molecule has 0 saturated carbocycles. The van der Waals surface area contributed by atoms with Gasteiger partial charge in [0, 0.05) is 12.1 Å². The first-order valence-electron chi connectivity index (χ1n) is 8.72. The summed E-state index contributed by atoms with van der Waals surface area (Å²) in [5.41, 5.74) is 2.86. The van der Waals surface area contributed by atoms with Crippen molar-refractivity contribution in [2.45, 2.75) is 59.0 Å². The zero-order chi connectivity index (χ0) is 15.2. The minimum Gasteiger partial charge on any atom is -0.309 e. The van der Waals surface area contributed by atoms with Crippen molar-refractivity contribution < 1.29 is 0 Å². The SMILES string of the molecule is CCNC(c1ccc(CC)cc1)C(C)N1CCC(C)CC1. The smallest absolute Gasteiger partial charge is 0.0475 e. The van der Waals surface area contributed by atoms with Gasteiger partial charge in [-0.25, -0.2) is 0 Å². The van der Waals surface area contributed by atoms with Crippen LogP contribution in [-0.2, 0) is 6.42 Å². The summed E-state index contributed by atoms with van der Waals surface area (Å²) in [4.78, 5) is 2.67. The topological polar surface area (TPSA) is 15.3 Å². The summed E-state index contributed by atoms with van der Waals surface area (Å²) in [6.07, 6.45) is 3.81. The van der Waals surface area contributed by atoms with Gasteiger partial charge in [-0.15, -0.1) is 0 Å². The molecule has 2 atom stereocenters. The molecule has 2 heteroatoms. The Bertz CT molecular complexity index is 404. The third-order valence-corrected chi connectivity index (χ3v) is 5.05. The van der Waals surface area contributed by atoms with Crippen LogP contribution in [0.4, 0.5) is 0 Å². The highest BCUT2D eigenvalue weighted by molar-refractivity contribution is 5.26.